The molecule has 2 N–H and O–H groups in total. The van der Waals surface area contributed by atoms with E-state index in [1.807, 2.05) is 0 Å². The molecule has 1 heterocycles. The van der Waals surface area contributed by atoms with Crippen LogP contribution in [0.15, 0.2) is 65.6 Å². The first-order valence-electron chi connectivity index (χ1n) is 10.1. The lowest BCUT2D eigenvalue weighted by molar-refractivity contribution is 0.000335. The zero-order chi connectivity index (χ0) is 24.5. The topological polar surface area (TPSA) is 105 Å². The van der Waals surface area contributed by atoms with Gasteiger partial charge in [-0.05, 0) is 79.1 Å². The van der Waals surface area contributed by atoms with Crippen molar-refractivity contribution in [1.82, 2.24) is 9.79 Å². The van der Waals surface area contributed by atoms with E-state index in [0.717, 1.165) is 4.31 Å². The Morgan fingerprint density at radius 3 is 2.26 bits per heavy atom. The van der Waals surface area contributed by atoms with Gasteiger partial charge in [0.05, 0.1) is 4.90 Å². The fourth-order valence-electron chi connectivity index (χ4n) is 3.77. The quantitative estimate of drug-likeness (QED) is 0.405. The van der Waals surface area contributed by atoms with Gasteiger partial charge in [-0.1, -0.05) is 6.07 Å². The SMILES string of the molecule is Cc1ccc(F)c2c1CCN(S(=O)(=O)c1ccc(Oc3ccc(F)cc3)cc1)[C@@H]2OC(=O)NO. The highest BCUT2D eigenvalue weighted by Gasteiger charge is 2.41. The first-order valence-corrected chi connectivity index (χ1v) is 11.6. The second kappa shape index (κ2) is 9.37. The minimum atomic E-state index is -4.26. The van der Waals surface area contributed by atoms with Crippen LogP contribution in [0, 0.1) is 18.6 Å². The van der Waals surface area contributed by atoms with E-state index in [1.165, 1.54) is 60.1 Å². The third-order valence-electron chi connectivity index (χ3n) is 5.42. The average molecular weight is 490 g/mol. The standard InChI is InChI=1S/C23H20F2N2O6S/c1-14-2-11-20(25)21-19(14)12-13-27(22(21)33-23(28)26-29)34(30,31)18-9-7-17(8-10-18)32-16-5-3-15(24)4-6-16/h2-11,22,29H,12-13H2,1H3,(H,26,28)/t22-/m1/s1. The first kappa shape index (κ1) is 23.6. The number of nitrogens with one attached hydrogen (secondary N) is 1. The maximum absolute atomic E-state index is 14.8. The second-order valence-corrected chi connectivity index (χ2v) is 9.41. The van der Waals surface area contributed by atoms with Crippen LogP contribution in [0.1, 0.15) is 22.9 Å². The predicted molar refractivity (Wildman–Crippen MR) is 116 cm³/mol. The zero-order valence-electron chi connectivity index (χ0n) is 17.9. The average Bonchev–Trinajstić information content (AvgIpc) is 2.83. The first-order chi connectivity index (χ1) is 16.2. The van der Waals surface area contributed by atoms with E-state index in [0.29, 0.717) is 22.6 Å². The summed E-state index contributed by atoms with van der Waals surface area (Å²) in [7, 11) is -4.26. The molecule has 0 aliphatic carbocycles. The largest absolute Gasteiger partial charge is 0.457 e. The van der Waals surface area contributed by atoms with Gasteiger partial charge in [-0.2, -0.15) is 4.31 Å². The van der Waals surface area contributed by atoms with Crippen LogP contribution in [0.4, 0.5) is 13.6 Å². The maximum Gasteiger partial charge on any atom is 0.432 e. The summed E-state index contributed by atoms with van der Waals surface area (Å²) in [6, 6.07) is 13.4. The highest BCUT2D eigenvalue weighted by molar-refractivity contribution is 7.89. The molecule has 3 aromatic carbocycles. The Morgan fingerprint density at radius 2 is 1.65 bits per heavy atom. The van der Waals surface area contributed by atoms with E-state index in [2.05, 4.69) is 0 Å². The minimum absolute atomic E-state index is 0.0865. The minimum Gasteiger partial charge on any atom is -0.457 e. The number of carbonyl (C=O) groups is 1. The number of hydroxylamine groups is 1. The molecule has 0 aromatic heterocycles. The van der Waals surface area contributed by atoms with Gasteiger partial charge in [0.1, 0.15) is 23.1 Å². The summed E-state index contributed by atoms with van der Waals surface area (Å²) >= 11 is 0. The maximum atomic E-state index is 14.8. The lowest BCUT2D eigenvalue weighted by Crippen LogP contribution is -2.43. The number of halogens is 2. The number of aryl methyl sites for hydroxylation is 1. The van der Waals surface area contributed by atoms with Crippen LogP contribution in [0.3, 0.4) is 0 Å². The van der Waals surface area contributed by atoms with Crippen LogP contribution in [-0.4, -0.2) is 30.6 Å². The van der Waals surface area contributed by atoms with Crippen LogP contribution in [0.2, 0.25) is 0 Å². The van der Waals surface area contributed by atoms with Crippen molar-refractivity contribution in [3.63, 3.8) is 0 Å². The van der Waals surface area contributed by atoms with Gasteiger partial charge in [0.25, 0.3) is 0 Å². The van der Waals surface area contributed by atoms with E-state index >= 15 is 0 Å². The number of rotatable bonds is 5. The lowest BCUT2D eigenvalue weighted by Gasteiger charge is -2.36. The molecule has 1 amide bonds. The number of nitrogens with zero attached hydrogens (tertiary/aromatic N) is 1. The Labute approximate surface area is 194 Å². The summed E-state index contributed by atoms with van der Waals surface area (Å²) in [5.74, 6) is -0.489. The molecule has 0 spiro atoms. The molecule has 1 aliphatic rings. The molecular formula is C23H20F2N2O6S. The third-order valence-corrected chi connectivity index (χ3v) is 7.28. The molecule has 8 nitrogen and oxygen atoms in total. The van der Waals surface area contributed by atoms with Crippen molar-refractivity contribution >= 4 is 16.1 Å². The normalized spacial score (nSPS) is 15.9. The van der Waals surface area contributed by atoms with E-state index in [4.69, 9.17) is 14.7 Å². The molecule has 0 bridgehead atoms. The van der Waals surface area contributed by atoms with Gasteiger partial charge < -0.3 is 9.47 Å². The van der Waals surface area contributed by atoms with Crippen LogP contribution in [-0.2, 0) is 21.2 Å². The number of carbonyl (C=O) groups excluding carboxylic acids is 1. The van der Waals surface area contributed by atoms with Crippen molar-refractivity contribution in [1.29, 1.82) is 0 Å². The summed E-state index contributed by atoms with van der Waals surface area (Å²) in [5.41, 5.74) is 2.44. The molecule has 1 atom stereocenters. The molecule has 3 aromatic rings. The van der Waals surface area contributed by atoms with Gasteiger partial charge in [0.15, 0.2) is 6.23 Å². The molecule has 34 heavy (non-hydrogen) atoms. The molecule has 11 heteroatoms. The van der Waals surface area contributed by atoms with Crippen molar-refractivity contribution in [2.75, 3.05) is 6.54 Å². The number of fused-ring (bicyclic) bond motifs is 1. The Kier molecular flexibility index (Phi) is 6.51. The number of amides is 1. The van der Waals surface area contributed by atoms with Crippen LogP contribution in [0.25, 0.3) is 0 Å². The summed E-state index contributed by atoms with van der Waals surface area (Å²) in [6.07, 6.45) is -2.76. The monoisotopic (exact) mass is 490 g/mol. The van der Waals surface area contributed by atoms with Crippen LogP contribution in [0.5, 0.6) is 11.5 Å². The van der Waals surface area contributed by atoms with Crippen molar-refractivity contribution < 1.29 is 36.7 Å². The van der Waals surface area contributed by atoms with Crippen LogP contribution < -0.4 is 10.2 Å². The van der Waals surface area contributed by atoms with E-state index in [9.17, 15) is 22.0 Å². The molecule has 4 rings (SSSR count). The van der Waals surface area contributed by atoms with E-state index in [1.54, 1.807) is 13.0 Å². The predicted octanol–water partition coefficient (Wildman–Crippen LogP) is 4.43. The van der Waals surface area contributed by atoms with E-state index < -0.39 is 34.0 Å². The summed E-state index contributed by atoms with van der Waals surface area (Å²) in [5, 5.41) is 8.89. The molecule has 178 valence electrons. The number of hydrogen-bond donors (Lipinski definition) is 2. The molecular weight excluding hydrogens is 470 g/mol. The molecule has 0 radical (unpaired) electrons. The Hall–Kier alpha value is -3.54. The third kappa shape index (κ3) is 4.58. The van der Waals surface area contributed by atoms with Gasteiger partial charge in [0, 0.05) is 12.1 Å². The summed E-state index contributed by atoms with van der Waals surface area (Å²) < 4.78 is 66.2. The van der Waals surface area contributed by atoms with Gasteiger partial charge >= 0.3 is 6.09 Å². The number of benzene rings is 3. The van der Waals surface area contributed by atoms with Crippen molar-refractivity contribution in [3.8, 4) is 11.5 Å². The highest BCUT2D eigenvalue weighted by Crippen LogP contribution is 2.38. The smallest absolute Gasteiger partial charge is 0.432 e. The fraction of sp³-hybridized carbons (Fsp3) is 0.174. The Balaban J connectivity index is 1.66. The number of hydrogen-bond acceptors (Lipinski definition) is 6. The summed E-state index contributed by atoms with van der Waals surface area (Å²) in [6.45, 7) is 1.66. The van der Waals surface area contributed by atoms with Gasteiger partial charge in [0.2, 0.25) is 10.0 Å². The van der Waals surface area contributed by atoms with E-state index in [-0.39, 0.29) is 23.4 Å². The van der Waals surface area contributed by atoms with Crippen molar-refractivity contribution in [3.05, 3.63) is 89.0 Å². The Bertz CT molecular complexity index is 1310. The van der Waals surface area contributed by atoms with Gasteiger partial charge in [-0.3, -0.25) is 5.21 Å². The van der Waals surface area contributed by atoms with Crippen molar-refractivity contribution in [2.45, 2.75) is 24.5 Å². The fourth-order valence-corrected chi connectivity index (χ4v) is 5.26. The van der Waals surface area contributed by atoms with Crippen LogP contribution >= 0.6 is 0 Å². The number of sulfonamides is 1. The number of ether oxygens (including phenoxy) is 2. The highest BCUT2D eigenvalue weighted by atomic mass is 32.2. The molecule has 1 aliphatic heterocycles. The second-order valence-electron chi connectivity index (χ2n) is 7.52. The van der Waals surface area contributed by atoms with Gasteiger partial charge in [-0.25, -0.2) is 27.5 Å². The molecule has 0 saturated heterocycles. The Morgan fingerprint density at radius 1 is 1.03 bits per heavy atom. The van der Waals surface area contributed by atoms with Crippen molar-refractivity contribution in [2.24, 2.45) is 0 Å². The lowest BCUT2D eigenvalue weighted by atomic mass is 9.94. The van der Waals surface area contributed by atoms with Gasteiger partial charge in [-0.15, -0.1) is 0 Å². The summed E-state index contributed by atoms with van der Waals surface area (Å²) in [4.78, 5) is 11.6. The molecule has 0 unspecified atom stereocenters. The molecule has 0 saturated carbocycles. The molecule has 0 fully saturated rings. The zero-order valence-corrected chi connectivity index (χ0v) is 18.7.